The molecule has 0 fully saturated rings. The van der Waals surface area contributed by atoms with E-state index in [1.54, 1.807) is 13.1 Å². The van der Waals surface area contributed by atoms with Crippen molar-refractivity contribution in [1.82, 2.24) is 20.2 Å². The number of aromatic amines is 1. The fraction of sp³-hybridized carbons (Fsp3) is 0.467. The fourth-order valence-corrected chi connectivity index (χ4v) is 1.91. The maximum atomic E-state index is 11.3. The quantitative estimate of drug-likeness (QED) is 0.844. The van der Waals surface area contributed by atoms with Crippen molar-refractivity contribution in [3.63, 3.8) is 0 Å². The van der Waals surface area contributed by atoms with Crippen molar-refractivity contribution in [2.24, 2.45) is 0 Å². The number of nitrogens with zero attached hydrogens (tertiary/aromatic N) is 3. The van der Waals surface area contributed by atoms with Gasteiger partial charge in [-0.25, -0.2) is 9.97 Å². The molecular weight excluding hydrogens is 266 g/mol. The number of carbonyl (C=O) groups excluding carboxylic acids is 1. The molecule has 0 spiro atoms. The van der Waals surface area contributed by atoms with Crippen LogP contribution in [-0.4, -0.2) is 25.9 Å². The Hall–Kier alpha value is -2.24. The average Bonchev–Trinajstić information content (AvgIpc) is 2.84. The second-order valence-corrected chi connectivity index (χ2v) is 6.13. The standard InChI is InChI=1S/C15H21N5O/c1-9-12(10(2)21)8-17-14(18-9)16-7-11-6-13(20-19-11)15(3,4)5/h6,8H,7H2,1-5H3,(H,19,20)(H,16,17,18). The molecule has 0 saturated heterocycles. The van der Waals surface area contributed by atoms with Crippen LogP contribution in [0.15, 0.2) is 12.3 Å². The molecular formula is C15H21N5O. The molecule has 0 aliphatic heterocycles. The Bertz CT molecular complexity index is 654. The van der Waals surface area contributed by atoms with Crippen LogP contribution in [-0.2, 0) is 12.0 Å². The Morgan fingerprint density at radius 3 is 2.62 bits per heavy atom. The summed E-state index contributed by atoms with van der Waals surface area (Å²) in [6, 6.07) is 2.03. The zero-order chi connectivity index (χ0) is 15.6. The Balaban J connectivity index is 2.05. The van der Waals surface area contributed by atoms with Gasteiger partial charge in [0.15, 0.2) is 5.78 Å². The third-order valence-corrected chi connectivity index (χ3v) is 3.19. The van der Waals surface area contributed by atoms with Crippen LogP contribution in [0.4, 0.5) is 5.95 Å². The van der Waals surface area contributed by atoms with Gasteiger partial charge in [0, 0.05) is 11.6 Å². The van der Waals surface area contributed by atoms with Gasteiger partial charge in [0.1, 0.15) is 0 Å². The molecule has 0 aliphatic carbocycles. The molecule has 2 heterocycles. The van der Waals surface area contributed by atoms with Gasteiger partial charge in [0.05, 0.1) is 29.2 Å². The van der Waals surface area contributed by atoms with Crippen molar-refractivity contribution in [2.75, 3.05) is 5.32 Å². The monoisotopic (exact) mass is 287 g/mol. The van der Waals surface area contributed by atoms with E-state index in [9.17, 15) is 4.79 Å². The molecule has 0 aromatic carbocycles. The summed E-state index contributed by atoms with van der Waals surface area (Å²) >= 11 is 0. The van der Waals surface area contributed by atoms with Gasteiger partial charge >= 0.3 is 0 Å². The molecule has 0 amide bonds. The van der Waals surface area contributed by atoms with E-state index in [1.165, 1.54) is 6.92 Å². The molecule has 0 atom stereocenters. The molecule has 0 bridgehead atoms. The minimum atomic E-state index is -0.0255. The Morgan fingerprint density at radius 2 is 2.10 bits per heavy atom. The number of H-pyrrole nitrogens is 1. The van der Waals surface area contributed by atoms with Crippen LogP contribution in [0.25, 0.3) is 0 Å². The second-order valence-electron chi connectivity index (χ2n) is 6.13. The minimum Gasteiger partial charge on any atom is -0.349 e. The predicted octanol–water partition coefficient (Wildman–Crippen LogP) is 2.62. The highest BCUT2D eigenvalue weighted by molar-refractivity contribution is 5.94. The molecule has 6 nitrogen and oxygen atoms in total. The summed E-state index contributed by atoms with van der Waals surface area (Å²) in [7, 11) is 0. The van der Waals surface area contributed by atoms with E-state index in [0.29, 0.717) is 23.8 Å². The number of ketones is 1. The first-order chi connectivity index (χ1) is 9.77. The minimum absolute atomic E-state index is 0.0188. The lowest BCUT2D eigenvalue weighted by molar-refractivity contribution is 0.101. The molecule has 112 valence electrons. The van der Waals surface area contributed by atoms with Gasteiger partial charge in [0.2, 0.25) is 5.95 Å². The van der Waals surface area contributed by atoms with Gasteiger partial charge in [-0.05, 0) is 19.9 Å². The van der Waals surface area contributed by atoms with E-state index < -0.39 is 0 Å². The number of hydrogen-bond donors (Lipinski definition) is 2. The number of nitrogens with one attached hydrogen (secondary N) is 2. The predicted molar refractivity (Wildman–Crippen MR) is 81.4 cm³/mol. The van der Waals surface area contributed by atoms with Gasteiger partial charge in [-0.1, -0.05) is 20.8 Å². The van der Waals surface area contributed by atoms with E-state index in [0.717, 1.165) is 11.4 Å². The first kappa shape index (κ1) is 15.2. The number of rotatable bonds is 4. The maximum Gasteiger partial charge on any atom is 0.223 e. The summed E-state index contributed by atoms with van der Waals surface area (Å²) < 4.78 is 0. The van der Waals surface area contributed by atoms with E-state index in [-0.39, 0.29) is 11.2 Å². The highest BCUT2D eigenvalue weighted by Crippen LogP contribution is 2.20. The number of anilines is 1. The molecule has 0 radical (unpaired) electrons. The van der Waals surface area contributed by atoms with Crippen molar-refractivity contribution < 1.29 is 4.79 Å². The molecule has 2 N–H and O–H groups in total. The highest BCUT2D eigenvalue weighted by Gasteiger charge is 2.17. The molecule has 0 aliphatic rings. The van der Waals surface area contributed by atoms with Gasteiger partial charge in [-0.3, -0.25) is 9.89 Å². The van der Waals surface area contributed by atoms with Gasteiger partial charge in [-0.15, -0.1) is 0 Å². The molecule has 0 saturated carbocycles. The van der Waals surface area contributed by atoms with Gasteiger partial charge in [0.25, 0.3) is 0 Å². The molecule has 2 aromatic rings. The lowest BCUT2D eigenvalue weighted by atomic mass is 9.92. The van der Waals surface area contributed by atoms with E-state index in [4.69, 9.17) is 0 Å². The topological polar surface area (TPSA) is 83.6 Å². The van der Waals surface area contributed by atoms with Gasteiger partial charge in [-0.2, -0.15) is 5.10 Å². The summed E-state index contributed by atoms with van der Waals surface area (Å²) in [5.41, 5.74) is 3.24. The first-order valence-electron chi connectivity index (χ1n) is 6.90. The summed E-state index contributed by atoms with van der Waals surface area (Å²) in [6.07, 6.45) is 1.56. The van der Waals surface area contributed by atoms with Gasteiger partial charge < -0.3 is 5.32 Å². The largest absolute Gasteiger partial charge is 0.349 e. The van der Waals surface area contributed by atoms with E-state index in [2.05, 4.69) is 46.3 Å². The van der Waals surface area contributed by atoms with Crippen molar-refractivity contribution in [3.8, 4) is 0 Å². The van der Waals surface area contributed by atoms with Crippen LogP contribution in [0.3, 0.4) is 0 Å². The average molecular weight is 287 g/mol. The molecule has 2 aromatic heterocycles. The third kappa shape index (κ3) is 3.65. The van der Waals surface area contributed by atoms with Crippen LogP contribution in [0.1, 0.15) is 55.1 Å². The molecule has 21 heavy (non-hydrogen) atoms. The third-order valence-electron chi connectivity index (χ3n) is 3.19. The lowest BCUT2D eigenvalue weighted by Gasteiger charge is -2.13. The van der Waals surface area contributed by atoms with E-state index >= 15 is 0 Å². The zero-order valence-electron chi connectivity index (χ0n) is 13.1. The van der Waals surface area contributed by atoms with E-state index in [1.807, 2.05) is 6.07 Å². The number of hydrogen-bond acceptors (Lipinski definition) is 5. The van der Waals surface area contributed by atoms with Crippen LogP contribution >= 0.6 is 0 Å². The SMILES string of the molecule is CC(=O)c1cnc(NCc2cc(C(C)(C)C)n[nH]2)nc1C. The zero-order valence-corrected chi connectivity index (χ0v) is 13.1. The van der Waals surface area contributed by atoms with Crippen molar-refractivity contribution in [3.05, 3.63) is 34.9 Å². The normalized spacial score (nSPS) is 11.5. The van der Waals surface area contributed by atoms with Crippen LogP contribution < -0.4 is 5.32 Å². The van der Waals surface area contributed by atoms with Crippen molar-refractivity contribution >= 4 is 11.7 Å². The summed E-state index contributed by atoms with van der Waals surface area (Å²) in [6.45, 7) is 10.2. The summed E-state index contributed by atoms with van der Waals surface area (Å²) in [5.74, 6) is 0.479. The fourth-order valence-electron chi connectivity index (χ4n) is 1.91. The van der Waals surface area contributed by atoms with Crippen LogP contribution in [0.2, 0.25) is 0 Å². The lowest BCUT2D eigenvalue weighted by Crippen LogP contribution is -2.11. The van der Waals surface area contributed by atoms with Crippen LogP contribution in [0.5, 0.6) is 0 Å². The number of carbonyl (C=O) groups is 1. The number of aromatic nitrogens is 4. The highest BCUT2D eigenvalue weighted by atomic mass is 16.1. The molecule has 2 rings (SSSR count). The summed E-state index contributed by atoms with van der Waals surface area (Å²) in [4.78, 5) is 19.8. The van der Waals surface area contributed by atoms with Crippen molar-refractivity contribution in [2.45, 2.75) is 46.6 Å². The smallest absolute Gasteiger partial charge is 0.223 e. The molecule has 0 unspecified atom stereocenters. The van der Waals surface area contributed by atoms with Crippen molar-refractivity contribution in [1.29, 1.82) is 0 Å². The first-order valence-corrected chi connectivity index (χ1v) is 6.90. The Labute approximate surface area is 124 Å². The maximum absolute atomic E-state index is 11.3. The summed E-state index contributed by atoms with van der Waals surface area (Å²) in [5, 5.41) is 10.4. The second kappa shape index (κ2) is 5.63. The van der Waals surface area contributed by atoms with Crippen LogP contribution in [0, 0.1) is 6.92 Å². The number of aryl methyl sites for hydroxylation is 1. The Morgan fingerprint density at radius 1 is 1.38 bits per heavy atom. The Kier molecular flexibility index (Phi) is 4.06. The number of Topliss-reactive ketones (excluding diaryl/α,β-unsaturated/α-hetero) is 1. The molecule has 6 heteroatoms.